The summed E-state index contributed by atoms with van der Waals surface area (Å²) in [5.74, 6) is -0.152. The number of hydrogen-bond acceptors (Lipinski definition) is 6. The Balaban J connectivity index is 0.00000117. The molecular formula is C17H22N6O3. The van der Waals surface area contributed by atoms with Crippen LogP contribution in [0.25, 0.3) is 5.70 Å². The third-order valence-corrected chi connectivity index (χ3v) is 3.46. The number of primary amides is 1. The summed E-state index contributed by atoms with van der Waals surface area (Å²) in [6, 6.07) is 6.73. The predicted octanol–water partition coefficient (Wildman–Crippen LogP) is 1.18. The molecular weight excluding hydrogens is 336 g/mol. The maximum absolute atomic E-state index is 11.5. The van der Waals surface area contributed by atoms with Gasteiger partial charge in [0, 0.05) is 17.4 Å². The van der Waals surface area contributed by atoms with Crippen molar-refractivity contribution >= 4 is 34.7 Å². The van der Waals surface area contributed by atoms with Crippen LogP contribution in [-0.2, 0) is 9.59 Å². The lowest BCUT2D eigenvalue weighted by atomic mass is 10.1. The van der Waals surface area contributed by atoms with E-state index in [9.17, 15) is 9.59 Å². The number of aromatic nitrogens is 1. The highest BCUT2D eigenvalue weighted by molar-refractivity contribution is 6.03. The molecule has 0 aliphatic carbocycles. The molecule has 9 nitrogen and oxygen atoms in total. The van der Waals surface area contributed by atoms with E-state index in [0.717, 1.165) is 0 Å². The van der Waals surface area contributed by atoms with Crippen molar-refractivity contribution in [2.45, 2.75) is 13.8 Å². The van der Waals surface area contributed by atoms with Crippen molar-refractivity contribution in [3.8, 4) is 5.75 Å². The highest BCUT2D eigenvalue weighted by atomic mass is 16.5. The maximum Gasteiger partial charge on any atom is 0.266 e. The van der Waals surface area contributed by atoms with Gasteiger partial charge in [-0.15, -0.1) is 0 Å². The van der Waals surface area contributed by atoms with Crippen LogP contribution in [0.15, 0.2) is 36.2 Å². The van der Waals surface area contributed by atoms with Crippen LogP contribution in [0, 0.1) is 0 Å². The minimum atomic E-state index is -0.785. The van der Waals surface area contributed by atoms with Crippen LogP contribution in [0.3, 0.4) is 0 Å². The van der Waals surface area contributed by atoms with Crippen molar-refractivity contribution in [1.29, 1.82) is 0 Å². The molecule has 2 aromatic rings. The van der Waals surface area contributed by atoms with Gasteiger partial charge in [-0.05, 0) is 24.3 Å². The zero-order valence-corrected chi connectivity index (χ0v) is 14.6. The average molecular weight is 358 g/mol. The van der Waals surface area contributed by atoms with Crippen molar-refractivity contribution < 1.29 is 14.3 Å². The summed E-state index contributed by atoms with van der Waals surface area (Å²) in [5.41, 5.74) is 18.6. The number of aromatic amines is 1. The Bertz CT molecular complexity index is 856. The molecule has 0 radical (unpaired) electrons. The number of carbonyl (C=O) groups excluding carboxylic acids is 2. The molecule has 0 fully saturated rings. The Morgan fingerprint density at radius 1 is 1.23 bits per heavy atom. The van der Waals surface area contributed by atoms with Crippen LogP contribution in [0.5, 0.6) is 5.75 Å². The number of ether oxygens (including phenoxy) is 1. The molecule has 2 heterocycles. The van der Waals surface area contributed by atoms with Crippen molar-refractivity contribution in [3.63, 3.8) is 0 Å². The van der Waals surface area contributed by atoms with Gasteiger partial charge < -0.3 is 37.6 Å². The Kier molecular flexibility index (Phi) is 5.74. The summed E-state index contributed by atoms with van der Waals surface area (Å²) in [4.78, 5) is 25.7. The summed E-state index contributed by atoms with van der Waals surface area (Å²) >= 11 is 0. The van der Waals surface area contributed by atoms with Gasteiger partial charge in [-0.25, -0.2) is 0 Å². The average Bonchev–Trinajstić information content (AvgIpc) is 3.06. The fourth-order valence-corrected chi connectivity index (χ4v) is 2.31. The number of rotatable bonds is 4. The second-order valence-electron chi connectivity index (χ2n) is 5.13. The molecule has 2 amide bonds. The fraction of sp³-hybridized carbons (Fsp3) is 0.176. The number of H-pyrrole nitrogens is 1. The van der Waals surface area contributed by atoms with E-state index in [-0.39, 0.29) is 23.9 Å². The number of anilines is 3. The van der Waals surface area contributed by atoms with E-state index in [2.05, 4.69) is 15.6 Å². The van der Waals surface area contributed by atoms with Gasteiger partial charge in [0.05, 0.1) is 11.4 Å². The molecule has 1 aromatic carbocycles. The largest absolute Gasteiger partial charge is 0.482 e. The smallest absolute Gasteiger partial charge is 0.266 e. The van der Waals surface area contributed by atoms with Gasteiger partial charge in [-0.1, -0.05) is 13.8 Å². The first-order valence-corrected chi connectivity index (χ1v) is 8.02. The molecule has 1 aromatic heterocycles. The van der Waals surface area contributed by atoms with Crippen molar-refractivity contribution in [2.75, 3.05) is 23.0 Å². The maximum atomic E-state index is 11.5. The second-order valence-corrected chi connectivity index (χ2v) is 5.13. The SMILES string of the molecule is CC.NC(=O)/C(N)=C(\Nc1ccc2c(c1)NC(=O)CO2)c1cc[nH]c1N. The first-order chi connectivity index (χ1) is 12.5. The molecule has 138 valence electrons. The Labute approximate surface area is 150 Å². The van der Waals surface area contributed by atoms with Gasteiger partial charge in [0.1, 0.15) is 17.3 Å². The molecule has 0 unspecified atom stereocenters. The summed E-state index contributed by atoms with van der Waals surface area (Å²) in [5, 5.41) is 5.71. The van der Waals surface area contributed by atoms with E-state index >= 15 is 0 Å². The van der Waals surface area contributed by atoms with Crippen LogP contribution < -0.4 is 32.6 Å². The number of fused-ring (bicyclic) bond motifs is 1. The predicted molar refractivity (Wildman–Crippen MR) is 101 cm³/mol. The summed E-state index contributed by atoms with van der Waals surface area (Å²) in [7, 11) is 0. The molecule has 0 saturated carbocycles. The molecule has 0 spiro atoms. The van der Waals surface area contributed by atoms with Gasteiger partial charge in [0.25, 0.3) is 11.8 Å². The topological polar surface area (TPSA) is 161 Å². The zero-order chi connectivity index (χ0) is 19.3. The zero-order valence-electron chi connectivity index (χ0n) is 14.6. The number of nitrogen functional groups attached to an aromatic ring is 1. The highest BCUT2D eigenvalue weighted by Gasteiger charge is 2.18. The Hall–Kier alpha value is -3.62. The van der Waals surface area contributed by atoms with Crippen LogP contribution in [0.4, 0.5) is 17.2 Å². The van der Waals surface area contributed by atoms with Crippen LogP contribution in [-0.4, -0.2) is 23.4 Å². The van der Waals surface area contributed by atoms with E-state index in [1.54, 1.807) is 30.5 Å². The van der Waals surface area contributed by atoms with Gasteiger partial charge in [-0.2, -0.15) is 0 Å². The number of amides is 2. The molecule has 9 heteroatoms. The first-order valence-electron chi connectivity index (χ1n) is 8.02. The van der Waals surface area contributed by atoms with Gasteiger partial charge in [-0.3, -0.25) is 9.59 Å². The van der Waals surface area contributed by atoms with E-state index in [1.807, 2.05) is 13.8 Å². The van der Waals surface area contributed by atoms with Crippen LogP contribution in [0.1, 0.15) is 19.4 Å². The minimum Gasteiger partial charge on any atom is -0.482 e. The molecule has 3 rings (SSSR count). The van der Waals surface area contributed by atoms with Gasteiger partial charge in [0.2, 0.25) is 0 Å². The number of nitrogens with two attached hydrogens (primary N) is 3. The molecule has 1 aliphatic heterocycles. The number of benzene rings is 1. The standard InChI is InChI=1S/C15H16N6O3.C2H6/c16-12(15(18)23)13(8-3-4-19-14(8)17)20-7-1-2-10-9(5-7)21-11(22)6-24-10;1-2/h1-5,19-20H,6,16-17H2,(H2,18,23)(H,21,22);1-2H3/b13-12+;. The number of nitrogens with one attached hydrogen (secondary N) is 3. The van der Waals surface area contributed by atoms with E-state index in [0.29, 0.717) is 28.5 Å². The molecule has 0 atom stereocenters. The first kappa shape index (κ1) is 18.7. The highest BCUT2D eigenvalue weighted by Crippen LogP contribution is 2.32. The van der Waals surface area contributed by atoms with Crippen molar-refractivity contribution in [3.05, 3.63) is 41.7 Å². The third-order valence-electron chi connectivity index (χ3n) is 3.46. The summed E-state index contributed by atoms with van der Waals surface area (Å²) in [6.45, 7) is 3.97. The number of hydrogen-bond donors (Lipinski definition) is 6. The third kappa shape index (κ3) is 3.89. The lowest BCUT2D eigenvalue weighted by Gasteiger charge is -2.20. The van der Waals surface area contributed by atoms with E-state index in [1.165, 1.54) is 0 Å². The molecule has 26 heavy (non-hydrogen) atoms. The lowest BCUT2D eigenvalue weighted by Crippen LogP contribution is -2.25. The van der Waals surface area contributed by atoms with E-state index < -0.39 is 5.91 Å². The Morgan fingerprint density at radius 2 is 1.96 bits per heavy atom. The normalized spacial score (nSPS) is 13.2. The molecule has 1 aliphatic rings. The summed E-state index contributed by atoms with van der Waals surface area (Å²) in [6.07, 6.45) is 1.61. The van der Waals surface area contributed by atoms with E-state index in [4.69, 9.17) is 21.9 Å². The molecule has 0 saturated heterocycles. The fourth-order valence-electron chi connectivity index (χ4n) is 2.31. The molecule has 9 N–H and O–H groups in total. The monoisotopic (exact) mass is 358 g/mol. The minimum absolute atomic E-state index is 0.0283. The van der Waals surface area contributed by atoms with Crippen LogP contribution >= 0.6 is 0 Å². The quantitative estimate of drug-likeness (QED) is 0.450. The lowest BCUT2D eigenvalue weighted by molar-refractivity contribution is -0.118. The van der Waals surface area contributed by atoms with Crippen LogP contribution in [0.2, 0.25) is 0 Å². The summed E-state index contributed by atoms with van der Waals surface area (Å²) < 4.78 is 5.30. The molecule has 0 bridgehead atoms. The van der Waals surface area contributed by atoms with Gasteiger partial charge >= 0.3 is 0 Å². The van der Waals surface area contributed by atoms with Gasteiger partial charge in [0.15, 0.2) is 6.61 Å². The second kappa shape index (κ2) is 7.97. The number of carbonyl (C=O) groups is 2. The Morgan fingerprint density at radius 3 is 2.58 bits per heavy atom. The van der Waals surface area contributed by atoms with Crippen molar-refractivity contribution in [1.82, 2.24) is 4.98 Å². The van der Waals surface area contributed by atoms with Crippen molar-refractivity contribution in [2.24, 2.45) is 11.5 Å².